The number of aromatic amines is 1. The number of carboxylic acid groups (broad SMARTS) is 1. The van der Waals surface area contributed by atoms with Gasteiger partial charge in [-0.2, -0.15) is 0 Å². The van der Waals surface area contributed by atoms with Crippen LogP contribution in [0.15, 0.2) is 12.5 Å². The summed E-state index contributed by atoms with van der Waals surface area (Å²) >= 11 is 0. The SMILES string of the molecule is CC1(C)CC1CNC(=O)NC(Cc1cnc[nH]1)C(=O)O. The molecule has 7 heteroatoms. The van der Waals surface area contributed by atoms with Crippen molar-refractivity contribution in [3.8, 4) is 0 Å². The van der Waals surface area contributed by atoms with Gasteiger partial charge in [0.05, 0.1) is 6.33 Å². The number of aromatic nitrogens is 2. The van der Waals surface area contributed by atoms with Gasteiger partial charge in [-0.15, -0.1) is 0 Å². The molecule has 0 bridgehead atoms. The predicted octanol–water partition coefficient (Wildman–Crippen LogP) is 0.751. The lowest BCUT2D eigenvalue weighted by atomic mass is 10.1. The maximum Gasteiger partial charge on any atom is 0.326 e. The number of hydrogen-bond donors (Lipinski definition) is 4. The molecule has 2 unspecified atom stereocenters. The Hall–Kier alpha value is -2.05. The molecule has 1 saturated carbocycles. The van der Waals surface area contributed by atoms with Crippen LogP contribution in [0.25, 0.3) is 0 Å². The molecular weight excluding hydrogens is 260 g/mol. The van der Waals surface area contributed by atoms with Gasteiger partial charge < -0.3 is 20.7 Å². The van der Waals surface area contributed by atoms with Gasteiger partial charge in [0.15, 0.2) is 0 Å². The van der Waals surface area contributed by atoms with Crippen molar-refractivity contribution in [3.05, 3.63) is 18.2 Å². The number of imidazole rings is 1. The van der Waals surface area contributed by atoms with Crippen LogP contribution in [0.4, 0.5) is 4.79 Å². The molecule has 7 nitrogen and oxygen atoms in total. The number of rotatable bonds is 6. The van der Waals surface area contributed by atoms with Gasteiger partial charge in [0.2, 0.25) is 0 Å². The van der Waals surface area contributed by atoms with E-state index >= 15 is 0 Å². The zero-order chi connectivity index (χ0) is 14.8. The van der Waals surface area contributed by atoms with Crippen molar-refractivity contribution >= 4 is 12.0 Å². The Kier molecular flexibility index (Phi) is 3.96. The van der Waals surface area contributed by atoms with E-state index in [1.165, 1.54) is 6.33 Å². The molecule has 2 amide bonds. The van der Waals surface area contributed by atoms with Crippen LogP contribution in [0.2, 0.25) is 0 Å². The second kappa shape index (κ2) is 5.52. The Labute approximate surface area is 117 Å². The van der Waals surface area contributed by atoms with Crippen molar-refractivity contribution in [1.82, 2.24) is 20.6 Å². The smallest absolute Gasteiger partial charge is 0.326 e. The molecule has 0 spiro atoms. The highest BCUT2D eigenvalue weighted by Crippen LogP contribution is 2.50. The quantitative estimate of drug-likeness (QED) is 0.616. The van der Waals surface area contributed by atoms with Crippen LogP contribution in [0.3, 0.4) is 0 Å². The lowest BCUT2D eigenvalue weighted by Crippen LogP contribution is -2.47. The summed E-state index contributed by atoms with van der Waals surface area (Å²) in [5, 5.41) is 14.3. The Morgan fingerprint density at radius 2 is 2.30 bits per heavy atom. The topological polar surface area (TPSA) is 107 Å². The molecule has 1 fully saturated rings. The highest BCUT2D eigenvalue weighted by Gasteiger charge is 2.45. The molecule has 1 heterocycles. The number of nitrogens with zero attached hydrogens (tertiary/aromatic N) is 1. The third-order valence-electron chi connectivity index (χ3n) is 3.81. The highest BCUT2D eigenvalue weighted by atomic mass is 16.4. The van der Waals surface area contributed by atoms with E-state index in [9.17, 15) is 9.59 Å². The molecule has 2 rings (SSSR count). The first kappa shape index (κ1) is 14.4. The van der Waals surface area contributed by atoms with Gasteiger partial charge in [-0.25, -0.2) is 14.6 Å². The molecule has 1 aromatic rings. The van der Waals surface area contributed by atoms with E-state index in [-0.39, 0.29) is 11.8 Å². The molecule has 0 aliphatic heterocycles. The maximum atomic E-state index is 11.7. The molecule has 1 aliphatic carbocycles. The number of H-pyrrole nitrogens is 1. The summed E-state index contributed by atoms with van der Waals surface area (Å²) in [5.74, 6) is -0.592. The standard InChI is InChI=1S/C13H20N4O3/c1-13(2)4-8(13)5-15-12(20)17-10(11(18)19)3-9-6-14-7-16-9/h6-8,10H,3-5H2,1-2H3,(H,14,16)(H,18,19)(H2,15,17,20). The second-order valence-electron chi connectivity index (χ2n) is 5.92. The fraction of sp³-hybridized carbons (Fsp3) is 0.615. The Balaban J connectivity index is 1.79. The van der Waals surface area contributed by atoms with Crippen LogP contribution in [0.5, 0.6) is 0 Å². The number of nitrogens with one attached hydrogen (secondary N) is 3. The van der Waals surface area contributed by atoms with Crippen LogP contribution in [-0.4, -0.2) is 39.7 Å². The van der Waals surface area contributed by atoms with Crippen molar-refractivity contribution < 1.29 is 14.7 Å². The molecule has 20 heavy (non-hydrogen) atoms. The maximum absolute atomic E-state index is 11.7. The summed E-state index contributed by atoms with van der Waals surface area (Å²) in [7, 11) is 0. The van der Waals surface area contributed by atoms with Gasteiger partial charge in [0.1, 0.15) is 6.04 Å². The molecule has 0 radical (unpaired) electrons. The van der Waals surface area contributed by atoms with Crippen molar-refractivity contribution in [2.24, 2.45) is 11.3 Å². The van der Waals surface area contributed by atoms with Gasteiger partial charge in [0, 0.05) is 24.9 Å². The summed E-state index contributed by atoms with van der Waals surface area (Å²) in [6.07, 6.45) is 4.28. The average Bonchev–Trinajstić information content (AvgIpc) is 2.78. The first-order chi connectivity index (χ1) is 9.38. The monoisotopic (exact) mass is 280 g/mol. The van der Waals surface area contributed by atoms with E-state index in [1.807, 2.05) is 0 Å². The third kappa shape index (κ3) is 3.72. The highest BCUT2D eigenvalue weighted by molar-refractivity contribution is 5.82. The fourth-order valence-corrected chi connectivity index (χ4v) is 2.17. The number of amides is 2. The van der Waals surface area contributed by atoms with Gasteiger partial charge in [-0.05, 0) is 17.8 Å². The number of carbonyl (C=O) groups is 2. The summed E-state index contributed by atoms with van der Waals surface area (Å²) in [4.78, 5) is 29.5. The van der Waals surface area contributed by atoms with Crippen molar-refractivity contribution in [2.75, 3.05) is 6.54 Å². The molecule has 4 N–H and O–H groups in total. The normalized spacial score (nSPS) is 21.0. The van der Waals surface area contributed by atoms with Crippen LogP contribution in [0.1, 0.15) is 26.0 Å². The van der Waals surface area contributed by atoms with E-state index in [0.29, 0.717) is 18.2 Å². The van der Waals surface area contributed by atoms with Gasteiger partial charge >= 0.3 is 12.0 Å². The Morgan fingerprint density at radius 3 is 2.80 bits per heavy atom. The van der Waals surface area contributed by atoms with Crippen LogP contribution < -0.4 is 10.6 Å². The first-order valence-electron chi connectivity index (χ1n) is 6.63. The molecule has 2 atom stereocenters. The zero-order valence-electron chi connectivity index (χ0n) is 11.6. The van der Waals surface area contributed by atoms with Crippen LogP contribution >= 0.6 is 0 Å². The predicted molar refractivity (Wildman–Crippen MR) is 72.1 cm³/mol. The van der Waals surface area contributed by atoms with Crippen LogP contribution in [0, 0.1) is 11.3 Å². The molecule has 0 aromatic carbocycles. The molecule has 0 saturated heterocycles. The first-order valence-corrected chi connectivity index (χ1v) is 6.63. The van der Waals surface area contributed by atoms with Crippen LogP contribution in [-0.2, 0) is 11.2 Å². The molecule has 1 aromatic heterocycles. The lowest BCUT2D eigenvalue weighted by molar-refractivity contribution is -0.139. The molecule has 110 valence electrons. The molecular formula is C13H20N4O3. The van der Waals surface area contributed by atoms with Crippen molar-refractivity contribution in [2.45, 2.75) is 32.7 Å². The van der Waals surface area contributed by atoms with E-state index < -0.39 is 18.0 Å². The minimum absolute atomic E-state index is 0.178. The van der Waals surface area contributed by atoms with Crippen molar-refractivity contribution in [1.29, 1.82) is 0 Å². The minimum atomic E-state index is -1.07. The number of hydrogen-bond acceptors (Lipinski definition) is 3. The number of carboxylic acids is 1. The Morgan fingerprint density at radius 1 is 1.60 bits per heavy atom. The summed E-state index contributed by atoms with van der Waals surface area (Å²) in [5.41, 5.74) is 0.955. The summed E-state index contributed by atoms with van der Waals surface area (Å²) in [6.45, 7) is 4.88. The second-order valence-corrected chi connectivity index (χ2v) is 5.92. The largest absolute Gasteiger partial charge is 0.480 e. The summed E-state index contributed by atoms with van der Waals surface area (Å²) in [6, 6.07) is -1.41. The van der Waals surface area contributed by atoms with E-state index in [0.717, 1.165) is 6.42 Å². The zero-order valence-corrected chi connectivity index (χ0v) is 11.6. The van der Waals surface area contributed by atoms with E-state index in [1.54, 1.807) is 6.20 Å². The summed E-state index contributed by atoms with van der Waals surface area (Å²) < 4.78 is 0. The number of aliphatic carboxylic acids is 1. The van der Waals surface area contributed by atoms with Gasteiger partial charge in [-0.1, -0.05) is 13.8 Å². The van der Waals surface area contributed by atoms with Gasteiger partial charge in [0.25, 0.3) is 0 Å². The minimum Gasteiger partial charge on any atom is -0.480 e. The van der Waals surface area contributed by atoms with E-state index in [2.05, 4.69) is 34.4 Å². The molecule has 1 aliphatic rings. The fourth-order valence-electron chi connectivity index (χ4n) is 2.17. The lowest BCUT2D eigenvalue weighted by Gasteiger charge is -2.14. The van der Waals surface area contributed by atoms with E-state index in [4.69, 9.17) is 5.11 Å². The average molecular weight is 280 g/mol. The number of carbonyl (C=O) groups excluding carboxylic acids is 1. The van der Waals surface area contributed by atoms with Crippen molar-refractivity contribution in [3.63, 3.8) is 0 Å². The van der Waals surface area contributed by atoms with Gasteiger partial charge in [-0.3, -0.25) is 0 Å². The third-order valence-corrected chi connectivity index (χ3v) is 3.81. The Bertz CT molecular complexity index is 484. The number of urea groups is 1.